The summed E-state index contributed by atoms with van der Waals surface area (Å²) in [5.74, 6) is 0.951. The number of fused-ring (bicyclic) bond motifs is 1. The van der Waals surface area contributed by atoms with Gasteiger partial charge in [0, 0.05) is 19.1 Å². The molecule has 0 radical (unpaired) electrons. The Morgan fingerprint density at radius 3 is 2.94 bits per heavy atom. The van der Waals surface area contributed by atoms with E-state index in [2.05, 4.69) is 40.5 Å². The van der Waals surface area contributed by atoms with Gasteiger partial charge in [-0.1, -0.05) is 30.3 Å². The average Bonchev–Trinajstić information content (AvgIpc) is 2.76. The van der Waals surface area contributed by atoms with Crippen molar-refractivity contribution in [1.29, 1.82) is 0 Å². The van der Waals surface area contributed by atoms with Crippen LogP contribution in [0.25, 0.3) is 0 Å². The molecular formula is C16H24N2. The van der Waals surface area contributed by atoms with Crippen LogP contribution in [0.3, 0.4) is 0 Å². The van der Waals surface area contributed by atoms with Crippen LogP contribution in [0.5, 0.6) is 0 Å². The second-order valence-corrected chi connectivity index (χ2v) is 5.79. The van der Waals surface area contributed by atoms with Gasteiger partial charge in [0.05, 0.1) is 0 Å². The lowest BCUT2D eigenvalue weighted by Crippen LogP contribution is -2.39. The minimum atomic E-state index is 0.767. The fourth-order valence-corrected chi connectivity index (χ4v) is 3.46. The number of benzene rings is 1. The van der Waals surface area contributed by atoms with Crippen LogP contribution in [-0.4, -0.2) is 37.1 Å². The Morgan fingerprint density at radius 1 is 1.17 bits per heavy atom. The quantitative estimate of drug-likeness (QED) is 0.877. The van der Waals surface area contributed by atoms with Crippen LogP contribution in [0, 0.1) is 5.92 Å². The van der Waals surface area contributed by atoms with Crippen LogP contribution in [-0.2, 0) is 6.42 Å². The summed E-state index contributed by atoms with van der Waals surface area (Å²) in [6.45, 7) is 5.01. The van der Waals surface area contributed by atoms with Crippen LogP contribution >= 0.6 is 0 Å². The largest absolute Gasteiger partial charge is 0.312 e. The highest BCUT2D eigenvalue weighted by molar-refractivity contribution is 5.14. The van der Waals surface area contributed by atoms with Crippen LogP contribution in [0.4, 0.5) is 0 Å². The topological polar surface area (TPSA) is 15.3 Å². The maximum Gasteiger partial charge on any atom is 0.0223 e. The van der Waals surface area contributed by atoms with Crippen molar-refractivity contribution in [3.63, 3.8) is 0 Å². The maximum atomic E-state index is 3.69. The predicted octanol–water partition coefficient (Wildman–Crippen LogP) is 2.30. The number of rotatable bonds is 3. The van der Waals surface area contributed by atoms with E-state index in [1.165, 1.54) is 57.4 Å². The summed E-state index contributed by atoms with van der Waals surface area (Å²) in [5.41, 5.74) is 1.47. The molecule has 98 valence electrons. The van der Waals surface area contributed by atoms with Crippen molar-refractivity contribution in [1.82, 2.24) is 10.2 Å². The van der Waals surface area contributed by atoms with E-state index in [0.29, 0.717) is 0 Å². The van der Waals surface area contributed by atoms with E-state index < -0.39 is 0 Å². The lowest BCUT2D eigenvalue weighted by molar-refractivity contribution is 0.262. The molecule has 0 amide bonds. The van der Waals surface area contributed by atoms with Crippen molar-refractivity contribution in [2.45, 2.75) is 31.7 Å². The third-order valence-electron chi connectivity index (χ3n) is 4.55. The number of nitrogens with one attached hydrogen (secondary N) is 1. The summed E-state index contributed by atoms with van der Waals surface area (Å²) < 4.78 is 0. The van der Waals surface area contributed by atoms with Crippen molar-refractivity contribution in [2.24, 2.45) is 5.92 Å². The van der Waals surface area contributed by atoms with Gasteiger partial charge in [0.15, 0.2) is 0 Å². The summed E-state index contributed by atoms with van der Waals surface area (Å²) >= 11 is 0. The van der Waals surface area contributed by atoms with E-state index >= 15 is 0 Å². The molecule has 0 aliphatic carbocycles. The van der Waals surface area contributed by atoms with Crippen molar-refractivity contribution in [3.05, 3.63) is 35.9 Å². The van der Waals surface area contributed by atoms with Crippen molar-refractivity contribution in [2.75, 3.05) is 26.2 Å². The molecule has 3 rings (SSSR count). The van der Waals surface area contributed by atoms with Crippen LogP contribution in [0.15, 0.2) is 30.3 Å². The van der Waals surface area contributed by atoms with Crippen molar-refractivity contribution in [3.8, 4) is 0 Å². The molecular weight excluding hydrogens is 220 g/mol. The molecule has 2 heteroatoms. The molecule has 2 fully saturated rings. The zero-order valence-electron chi connectivity index (χ0n) is 11.1. The Hall–Kier alpha value is -0.860. The maximum absolute atomic E-state index is 3.69. The van der Waals surface area contributed by atoms with Gasteiger partial charge in [0.1, 0.15) is 0 Å². The molecule has 1 aromatic carbocycles. The highest BCUT2D eigenvalue weighted by atomic mass is 15.2. The molecule has 1 N–H and O–H groups in total. The summed E-state index contributed by atoms with van der Waals surface area (Å²) in [7, 11) is 0. The Kier molecular flexibility index (Phi) is 3.96. The first kappa shape index (κ1) is 12.2. The van der Waals surface area contributed by atoms with E-state index in [9.17, 15) is 0 Å². The molecule has 2 aliphatic rings. The molecule has 2 atom stereocenters. The lowest BCUT2D eigenvalue weighted by Gasteiger charge is -2.24. The minimum absolute atomic E-state index is 0.767. The Labute approximate surface area is 110 Å². The average molecular weight is 244 g/mol. The molecule has 0 bridgehead atoms. The van der Waals surface area contributed by atoms with Crippen LogP contribution in [0.1, 0.15) is 24.8 Å². The van der Waals surface area contributed by atoms with Gasteiger partial charge in [0.2, 0.25) is 0 Å². The highest BCUT2D eigenvalue weighted by Gasteiger charge is 2.30. The van der Waals surface area contributed by atoms with Gasteiger partial charge < -0.3 is 10.2 Å². The molecule has 2 saturated heterocycles. The van der Waals surface area contributed by atoms with Gasteiger partial charge in [-0.2, -0.15) is 0 Å². The third-order valence-corrected chi connectivity index (χ3v) is 4.55. The standard InChI is InChI=1S/C16H24N2/c1-2-5-14(6-3-1)9-12-18-11-4-7-15-8-10-17-16(15)13-18/h1-3,5-6,15-17H,4,7-13H2. The Bertz CT molecular complexity index is 363. The van der Waals surface area contributed by atoms with E-state index in [1.54, 1.807) is 0 Å². The number of likely N-dealkylation sites (tertiary alicyclic amines) is 1. The number of nitrogens with zero attached hydrogens (tertiary/aromatic N) is 1. The highest BCUT2D eigenvalue weighted by Crippen LogP contribution is 2.25. The fourth-order valence-electron chi connectivity index (χ4n) is 3.46. The summed E-state index contributed by atoms with van der Waals surface area (Å²) in [6, 6.07) is 11.6. The van der Waals surface area contributed by atoms with Crippen LogP contribution < -0.4 is 5.32 Å². The van der Waals surface area contributed by atoms with Gasteiger partial charge in [0.25, 0.3) is 0 Å². The van der Waals surface area contributed by atoms with Gasteiger partial charge >= 0.3 is 0 Å². The molecule has 1 aromatic rings. The molecule has 2 heterocycles. The van der Waals surface area contributed by atoms with E-state index in [1.807, 2.05) is 0 Å². The van der Waals surface area contributed by atoms with Gasteiger partial charge in [-0.05, 0) is 50.3 Å². The molecule has 2 aliphatic heterocycles. The van der Waals surface area contributed by atoms with Crippen molar-refractivity contribution >= 4 is 0 Å². The summed E-state index contributed by atoms with van der Waals surface area (Å²) in [5, 5.41) is 3.69. The van der Waals surface area contributed by atoms with E-state index in [4.69, 9.17) is 0 Å². The predicted molar refractivity (Wildman–Crippen MR) is 75.7 cm³/mol. The zero-order valence-corrected chi connectivity index (χ0v) is 11.1. The van der Waals surface area contributed by atoms with Gasteiger partial charge in [-0.3, -0.25) is 0 Å². The van der Waals surface area contributed by atoms with Gasteiger partial charge in [-0.15, -0.1) is 0 Å². The SMILES string of the molecule is c1ccc(CCN2CCCC3CCNC3C2)cc1. The monoisotopic (exact) mass is 244 g/mol. The van der Waals surface area contributed by atoms with E-state index in [0.717, 1.165) is 12.0 Å². The molecule has 2 nitrogen and oxygen atoms in total. The molecule has 0 aromatic heterocycles. The summed E-state index contributed by atoms with van der Waals surface area (Å²) in [6.07, 6.45) is 5.41. The van der Waals surface area contributed by atoms with Gasteiger partial charge in [-0.25, -0.2) is 0 Å². The number of hydrogen-bond acceptors (Lipinski definition) is 2. The second-order valence-electron chi connectivity index (χ2n) is 5.79. The lowest BCUT2D eigenvalue weighted by atomic mass is 9.97. The number of hydrogen-bond donors (Lipinski definition) is 1. The molecule has 0 saturated carbocycles. The van der Waals surface area contributed by atoms with Crippen LogP contribution in [0.2, 0.25) is 0 Å². The summed E-state index contributed by atoms with van der Waals surface area (Å²) in [4.78, 5) is 2.66. The third kappa shape index (κ3) is 2.93. The van der Waals surface area contributed by atoms with E-state index in [-0.39, 0.29) is 0 Å². The Morgan fingerprint density at radius 2 is 2.06 bits per heavy atom. The smallest absolute Gasteiger partial charge is 0.0223 e. The molecule has 2 unspecified atom stereocenters. The minimum Gasteiger partial charge on any atom is -0.312 e. The first-order valence-corrected chi connectivity index (χ1v) is 7.41. The Balaban J connectivity index is 1.53. The second kappa shape index (κ2) is 5.85. The first-order chi connectivity index (χ1) is 8.92. The normalized spacial score (nSPS) is 28.9. The van der Waals surface area contributed by atoms with Crippen molar-refractivity contribution < 1.29 is 0 Å². The molecule has 18 heavy (non-hydrogen) atoms. The molecule has 0 spiro atoms. The fraction of sp³-hybridized carbons (Fsp3) is 0.625. The first-order valence-electron chi connectivity index (χ1n) is 7.41. The zero-order chi connectivity index (χ0) is 12.2.